The summed E-state index contributed by atoms with van der Waals surface area (Å²) in [7, 11) is 0. The molecule has 19 heavy (non-hydrogen) atoms. The van der Waals surface area contributed by atoms with Crippen LogP contribution in [-0.4, -0.2) is 16.1 Å². The molecule has 3 heteroatoms. The first-order valence-electron chi connectivity index (χ1n) is 7.94. The summed E-state index contributed by atoms with van der Waals surface area (Å²) in [5.41, 5.74) is 3.39. The standard InChI is InChI=1S/C16H27N3/c1-4-16(7-5-8-16)11-19-14-6-9-17-10-13(14)18-15(19)12(2)3/h12,17H,4-11H2,1-3H3. The SMILES string of the molecule is CCC1(Cn2c(C(C)C)nc3c2CCNC3)CCC1. The Bertz CT molecular complexity index is 449. The lowest BCUT2D eigenvalue weighted by atomic mass is 9.67. The van der Waals surface area contributed by atoms with E-state index < -0.39 is 0 Å². The molecule has 1 aromatic heterocycles. The summed E-state index contributed by atoms with van der Waals surface area (Å²) in [5, 5.41) is 3.45. The predicted octanol–water partition coefficient (Wildman–Crippen LogP) is 3.23. The van der Waals surface area contributed by atoms with Gasteiger partial charge in [0.25, 0.3) is 0 Å². The van der Waals surface area contributed by atoms with Gasteiger partial charge in [-0.2, -0.15) is 0 Å². The largest absolute Gasteiger partial charge is 0.331 e. The molecule has 1 N–H and O–H groups in total. The highest BCUT2D eigenvalue weighted by Gasteiger charge is 2.37. The molecule has 0 spiro atoms. The second kappa shape index (κ2) is 4.93. The molecule has 1 fully saturated rings. The number of nitrogens with one attached hydrogen (secondary N) is 1. The van der Waals surface area contributed by atoms with Gasteiger partial charge in [-0.15, -0.1) is 0 Å². The van der Waals surface area contributed by atoms with Crippen LogP contribution in [0.15, 0.2) is 0 Å². The van der Waals surface area contributed by atoms with E-state index in [2.05, 4.69) is 30.7 Å². The molecule has 0 unspecified atom stereocenters. The summed E-state index contributed by atoms with van der Waals surface area (Å²) < 4.78 is 2.59. The second-order valence-electron chi connectivity index (χ2n) is 6.74. The molecule has 1 aromatic rings. The third-order valence-corrected chi connectivity index (χ3v) is 5.19. The molecule has 0 bridgehead atoms. The van der Waals surface area contributed by atoms with E-state index in [1.807, 2.05) is 0 Å². The van der Waals surface area contributed by atoms with Crippen LogP contribution in [-0.2, 0) is 19.5 Å². The zero-order valence-corrected chi connectivity index (χ0v) is 12.6. The molecule has 0 amide bonds. The van der Waals surface area contributed by atoms with Gasteiger partial charge in [0.1, 0.15) is 5.82 Å². The van der Waals surface area contributed by atoms with E-state index in [-0.39, 0.29) is 0 Å². The fraction of sp³-hybridized carbons (Fsp3) is 0.812. The van der Waals surface area contributed by atoms with Crippen molar-refractivity contribution in [3.05, 3.63) is 17.2 Å². The second-order valence-corrected chi connectivity index (χ2v) is 6.74. The van der Waals surface area contributed by atoms with Gasteiger partial charge in [0, 0.05) is 37.7 Å². The Morgan fingerprint density at radius 2 is 2.16 bits per heavy atom. The van der Waals surface area contributed by atoms with Gasteiger partial charge in [0.05, 0.1) is 5.69 Å². The van der Waals surface area contributed by atoms with Crippen molar-refractivity contribution in [2.75, 3.05) is 6.54 Å². The maximum absolute atomic E-state index is 4.93. The minimum absolute atomic E-state index is 0.527. The molecule has 0 radical (unpaired) electrons. The minimum atomic E-state index is 0.527. The zero-order valence-electron chi connectivity index (χ0n) is 12.6. The Hall–Kier alpha value is -0.830. The summed E-state index contributed by atoms with van der Waals surface area (Å²) in [6.07, 6.45) is 6.70. The number of nitrogens with zero attached hydrogens (tertiary/aromatic N) is 2. The third kappa shape index (κ3) is 2.22. The number of hydrogen-bond donors (Lipinski definition) is 1. The molecule has 1 saturated carbocycles. The van der Waals surface area contributed by atoms with Gasteiger partial charge >= 0.3 is 0 Å². The maximum Gasteiger partial charge on any atom is 0.111 e. The average Bonchev–Trinajstić information content (AvgIpc) is 2.73. The summed E-state index contributed by atoms with van der Waals surface area (Å²) in [6, 6.07) is 0. The van der Waals surface area contributed by atoms with Crippen molar-refractivity contribution in [2.45, 2.75) is 71.9 Å². The Balaban J connectivity index is 1.96. The fourth-order valence-electron chi connectivity index (χ4n) is 3.64. The lowest BCUT2D eigenvalue weighted by molar-refractivity contribution is 0.0973. The van der Waals surface area contributed by atoms with Gasteiger partial charge in [-0.25, -0.2) is 4.98 Å². The summed E-state index contributed by atoms with van der Waals surface area (Å²) in [6.45, 7) is 10.2. The first-order chi connectivity index (χ1) is 9.15. The van der Waals surface area contributed by atoms with Gasteiger partial charge in [-0.1, -0.05) is 27.2 Å². The van der Waals surface area contributed by atoms with E-state index in [1.54, 1.807) is 0 Å². The maximum atomic E-state index is 4.93. The van der Waals surface area contributed by atoms with Crippen molar-refractivity contribution in [2.24, 2.45) is 5.41 Å². The van der Waals surface area contributed by atoms with Crippen LogP contribution in [0.25, 0.3) is 0 Å². The molecular weight excluding hydrogens is 234 g/mol. The quantitative estimate of drug-likeness (QED) is 0.902. The molecular formula is C16H27N3. The molecule has 0 aromatic carbocycles. The summed E-state index contributed by atoms with van der Waals surface area (Å²) >= 11 is 0. The lowest BCUT2D eigenvalue weighted by Gasteiger charge is -2.42. The highest BCUT2D eigenvalue weighted by atomic mass is 15.1. The Labute approximate surface area is 116 Å². The Kier molecular flexibility index (Phi) is 3.42. The minimum Gasteiger partial charge on any atom is -0.331 e. The van der Waals surface area contributed by atoms with Gasteiger partial charge in [0.15, 0.2) is 0 Å². The van der Waals surface area contributed by atoms with Gasteiger partial charge in [0.2, 0.25) is 0 Å². The lowest BCUT2D eigenvalue weighted by Crippen LogP contribution is -2.35. The van der Waals surface area contributed by atoms with Crippen LogP contribution >= 0.6 is 0 Å². The van der Waals surface area contributed by atoms with Gasteiger partial charge < -0.3 is 9.88 Å². The van der Waals surface area contributed by atoms with Crippen LogP contribution in [0.1, 0.15) is 69.6 Å². The van der Waals surface area contributed by atoms with Crippen LogP contribution in [0, 0.1) is 5.41 Å². The van der Waals surface area contributed by atoms with Crippen molar-refractivity contribution >= 4 is 0 Å². The van der Waals surface area contributed by atoms with Crippen LogP contribution in [0.3, 0.4) is 0 Å². The van der Waals surface area contributed by atoms with E-state index in [9.17, 15) is 0 Å². The first kappa shape index (κ1) is 13.2. The van der Waals surface area contributed by atoms with Gasteiger partial charge in [-0.05, 0) is 24.7 Å². The molecule has 2 heterocycles. The topological polar surface area (TPSA) is 29.9 Å². The van der Waals surface area contributed by atoms with Crippen LogP contribution < -0.4 is 5.32 Å². The smallest absolute Gasteiger partial charge is 0.111 e. The van der Waals surface area contributed by atoms with Crippen molar-refractivity contribution in [3.63, 3.8) is 0 Å². The molecule has 2 aliphatic rings. The summed E-state index contributed by atoms with van der Waals surface area (Å²) in [5.74, 6) is 1.84. The molecule has 0 saturated heterocycles. The van der Waals surface area contributed by atoms with Crippen LogP contribution in [0.4, 0.5) is 0 Å². The molecule has 3 rings (SSSR count). The number of aromatic nitrogens is 2. The molecule has 0 atom stereocenters. The number of rotatable bonds is 4. The predicted molar refractivity (Wildman–Crippen MR) is 78.3 cm³/mol. The van der Waals surface area contributed by atoms with Crippen molar-refractivity contribution < 1.29 is 0 Å². The number of hydrogen-bond acceptors (Lipinski definition) is 2. The van der Waals surface area contributed by atoms with Crippen molar-refractivity contribution in [3.8, 4) is 0 Å². The van der Waals surface area contributed by atoms with E-state index in [0.717, 1.165) is 19.5 Å². The molecule has 3 nitrogen and oxygen atoms in total. The van der Waals surface area contributed by atoms with Crippen LogP contribution in [0.2, 0.25) is 0 Å². The van der Waals surface area contributed by atoms with Gasteiger partial charge in [-0.3, -0.25) is 0 Å². The normalized spacial score (nSPS) is 21.3. The van der Waals surface area contributed by atoms with E-state index in [1.165, 1.54) is 49.4 Å². The summed E-state index contributed by atoms with van der Waals surface area (Å²) in [4.78, 5) is 4.93. The van der Waals surface area contributed by atoms with Crippen molar-refractivity contribution in [1.29, 1.82) is 0 Å². The first-order valence-corrected chi connectivity index (χ1v) is 7.94. The van der Waals surface area contributed by atoms with E-state index in [0.29, 0.717) is 11.3 Å². The highest BCUT2D eigenvalue weighted by Crippen LogP contribution is 2.46. The van der Waals surface area contributed by atoms with E-state index in [4.69, 9.17) is 4.98 Å². The third-order valence-electron chi connectivity index (χ3n) is 5.19. The highest BCUT2D eigenvalue weighted by molar-refractivity contribution is 5.22. The molecule has 1 aliphatic carbocycles. The fourth-order valence-corrected chi connectivity index (χ4v) is 3.64. The molecule has 1 aliphatic heterocycles. The molecule has 106 valence electrons. The monoisotopic (exact) mass is 261 g/mol. The Morgan fingerprint density at radius 3 is 2.74 bits per heavy atom. The average molecular weight is 261 g/mol. The van der Waals surface area contributed by atoms with Crippen molar-refractivity contribution in [1.82, 2.24) is 14.9 Å². The van der Waals surface area contributed by atoms with E-state index >= 15 is 0 Å². The number of imidazole rings is 1. The van der Waals surface area contributed by atoms with Crippen LogP contribution in [0.5, 0.6) is 0 Å². The Morgan fingerprint density at radius 1 is 1.37 bits per heavy atom. The number of fused-ring (bicyclic) bond motifs is 1. The zero-order chi connectivity index (χ0) is 13.5.